The molecule has 1 saturated heterocycles. The average Bonchev–Trinajstić information content (AvgIpc) is 2.54. The molecule has 1 heterocycles. The van der Waals surface area contributed by atoms with Crippen molar-refractivity contribution in [1.82, 2.24) is 0 Å². The van der Waals surface area contributed by atoms with E-state index in [0.29, 0.717) is 0 Å². The van der Waals surface area contributed by atoms with E-state index in [9.17, 15) is 13.2 Å². The molecule has 2 rings (SSSR count). The second kappa shape index (κ2) is 4.75. The fourth-order valence-corrected chi connectivity index (χ4v) is 1.96. The van der Waals surface area contributed by atoms with Gasteiger partial charge in [0.25, 0.3) is 0 Å². The number of benzene rings is 1. The van der Waals surface area contributed by atoms with E-state index in [1.807, 2.05) is 27.7 Å². The van der Waals surface area contributed by atoms with E-state index in [0.717, 1.165) is 12.1 Å². The number of hydrogen-bond donors (Lipinski definition) is 1. The Kier molecular flexibility index (Phi) is 3.65. The molecule has 1 atom stereocenters. The van der Waals surface area contributed by atoms with Crippen LogP contribution in [0.25, 0.3) is 0 Å². The Balaban J connectivity index is 2.28. The molecule has 0 radical (unpaired) electrons. The molecular weight excluding hydrogens is 270 g/mol. The zero-order valence-corrected chi connectivity index (χ0v) is 11.8. The van der Waals surface area contributed by atoms with Gasteiger partial charge < -0.3 is 15.0 Å². The minimum atomic E-state index is -1.52. The van der Waals surface area contributed by atoms with Gasteiger partial charge in [0.2, 0.25) is 0 Å². The Morgan fingerprint density at radius 2 is 1.40 bits per heavy atom. The first-order chi connectivity index (χ1) is 9.05. The minimum Gasteiger partial charge on any atom is -0.402 e. The first-order valence-corrected chi connectivity index (χ1v) is 6.31. The quantitative estimate of drug-likeness (QED) is 0.672. The van der Waals surface area contributed by atoms with Crippen molar-refractivity contribution in [1.29, 1.82) is 0 Å². The molecule has 0 saturated carbocycles. The first-order valence-electron chi connectivity index (χ1n) is 6.31. The molecule has 0 unspecified atom stereocenters. The van der Waals surface area contributed by atoms with E-state index in [4.69, 9.17) is 15.0 Å². The van der Waals surface area contributed by atoms with E-state index in [1.54, 1.807) is 0 Å². The third kappa shape index (κ3) is 2.45. The lowest BCUT2D eigenvalue weighted by molar-refractivity contribution is 0.00578. The van der Waals surface area contributed by atoms with Crippen LogP contribution in [-0.2, 0) is 9.31 Å². The van der Waals surface area contributed by atoms with E-state index in [-0.39, 0.29) is 5.56 Å². The van der Waals surface area contributed by atoms with Crippen molar-refractivity contribution in [3.05, 3.63) is 35.1 Å². The smallest absolute Gasteiger partial charge is 0.402 e. The summed E-state index contributed by atoms with van der Waals surface area (Å²) in [6, 6.07) is 1.71. The standard InChI is InChI=1S/C13H17BF3NO2/c1-12(2)13(3,4)20-14(19-12)11(18)7-5-8(15)10(17)9(16)6-7/h5-6,11H,18H2,1-4H3/t11-/m1/s1. The summed E-state index contributed by atoms with van der Waals surface area (Å²) in [5.74, 6) is -5.01. The molecule has 2 N–H and O–H groups in total. The highest BCUT2D eigenvalue weighted by atomic mass is 19.2. The summed E-state index contributed by atoms with van der Waals surface area (Å²) in [5, 5.41) is 0. The monoisotopic (exact) mass is 287 g/mol. The van der Waals surface area contributed by atoms with Gasteiger partial charge in [-0.2, -0.15) is 0 Å². The van der Waals surface area contributed by atoms with Gasteiger partial charge >= 0.3 is 7.12 Å². The summed E-state index contributed by atoms with van der Waals surface area (Å²) in [5.41, 5.74) is 4.80. The number of hydrogen-bond acceptors (Lipinski definition) is 3. The molecule has 110 valence electrons. The summed E-state index contributed by atoms with van der Waals surface area (Å²) in [7, 11) is -0.857. The molecule has 0 aromatic heterocycles. The Bertz CT molecular complexity index is 497. The lowest BCUT2D eigenvalue weighted by atomic mass is 9.75. The third-order valence-electron chi connectivity index (χ3n) is 3.96. The van der Waals surface area contributed by atoms with Crippen molar-refractivity contribution in [2.45, 2.75) is 44.8 Å². The molecular formula is C13H17BF3NO2. The van der Waals surface area contributed by atoms with Gasteiger partial charge in [-0.1, -0.05) is 0 Å². The third-order valence-corrected chi connectivity index (χ3v) is 3.96. The van der Waals surface area contributed by atoms with Gasteiger partial charge in [0.1, 0.15) is 0 Å². The average molecular weight is 287 g/mol. The van der Waals surface area contributed by atoms with Crippen molar-refractivity contribution in [3.63, 3.8) is 0 Å². The maximum atomic E-state index is 13.2. The molecule has 1 aromatic carbocycles. The predicted molar refractivity (Wildman–Crippen MR) is 69.3 cm³/mol. The van der Waals surface area contributed by atoms with Gasteiger partial charge in [0.05, 0.1) is 17.1 Å². The highest BCUT2D eigenvalue weighted by Gasteiger charge is 2.53. The Hall–Kier alpha value is -1.05. The summed E-state index contributed by atoms with van der Waals surface area (Å²) < 4.78 is 50.8. The van der Waals surface area contributed by atoms with Crippen LogP contribution in [0.3, 0.4) is 0 Å². The van der Waals surface area contributed by atoms with Crippen LogP contribution < -0.4 is 5.73 Å². The molecule has 20 heavy (non-hydrogen) atoms. The van der Waals surface area contributed by atoms with Crippen molar-refractivity contribution in [2.75, 3.05) is 0 Å². The van der Waals surface area contributed by atoms with Crippen LogP contribution >= 0.6 is 0 Å². The maximum Gasteiger partial charge on any atom is 0.480 e. The van der Waals surface area contributed by atoms with Gasteiger partial charge in [0, 0.05) is 0 Å². The molecule has 0 aliphatic carbocycles. The van der Waals surface area contributed by atoms with E-state index in [2.05, 4.69) is 0 Å². The largest absolute Gasteiger partial charge is 0.480 e. The first kappa shape index (κ1) is 15.3. The molecule has 0 amide bonds. The van der Waals surface area contributed by atoms with Crippen molar-refractivity contribution in [2.24, 2.45) is 5.73 Å². The van der Waals surface area contributed by atoms with Crippen LogP contribution in [0.5, 0.6) is 0 Å². The normalized spacial score (nSPS) is 22.1. The van der Waals surface area contributed by atoms with E-state index >= 15 is 0 Å². The zero-order valence-electron chi connectivity index (χ0n) is 11.8. The molecule has 7 heteroatoms. The minimum absolute atomic E-state index is 0.0832. The summed E-state index contributed by atoms with van der Waals surface area (Å²) in [6.45, 7) is 7.36. The Labute approximate surface area is 116 Å². The lowest BCUT2D eigenvalue weighted by Gasteiger charge is -2.32. The summed E-state index contributed by atoms with van der Waals surface area (Å²) in [6.07, 6.45) is 0. The van der Waals surface area contributed by atoms with Crippen LogP contribution in [0.2, 0.25) is 0 Å². The fourth-order valence-electron chi connectivity index (χ4n) is 1.96. The second-order valence-electron chi connectivity index (χ2n) is 5.95. The maximum absolute atomic E-state index is 13.2. The molecule has 0 spiro atoms. The molecule has 1 aliphatic heterocycles. The van der Waals surface area contributed by atoms with Crippen LogP contribution in [0, 0.1) is 17.5 Å². The molecule has 3 nitrogen and oxygen atoms in total. The predicted octanol–water partition coefficient (Wildman–Crippen LogP) is 2.74. The Morgan fingerprint density at radius 3 is 1.80 bits per heavy atom. The summed E-state index contributed by atoms with van der Waals surface area (Å²) >= 11 is 0. The molecule has 1 aromatic rings. The molecule has 1 aliphatic rings. The van der Waals surface area contributed by atoms with Gasteiger partial charge in [-0.05, 0) is 45.4 Å². The fraction of sp³-hybridized carbons (Fsp3) is 0.538. The zero-order chi connectivity index (χ0) is 15.3. The van der Waals surface area contributed by atoms with Gasteiger partial charge in [0.15, 0.2) is 17.5 Å². The highest BCUT2D eigenvalue weighted by Crippen LogP contribution is 2.39. The van der Waals surface area contributed by atoms with Crippen molar-refractivity contribution < 1.29 is 22.5 Å². The second-order valence-corrected chi connectivity index (χ2v) is 5.95. The van der Waals surface area contributed by atoms with E-state index < -0.39 is 41.7 Å². The SMILES string of the molecule is CC1(C)OB([C@H](N)c2cc(F)c(F)c(F)c2)OC1(C)C. The van der Waals surface area contributed by atoms with Crippen molar-refractivity contribution in [3.8, 4) is 0 Å². The summed E-state index contributed by atoms with van der Waals surface area (Å²) in [4.78, 5) is 0. The highest BCUT2D eigenvalue weighted by molar-refractivity contribution is 6.47. The van der Waals surface area contributed by atoms with Gasteiger partial charge in [-0.15, -0.1) is 0 Å². The van der Waals surface area contributed by atoms with Crippen LogP contribution in [0.1, 0.15) is 39.2 Å². The van der Waals surface area contributed by atoms with Crippen LogP contribution in [-0.4, -0.2) is 18.3 Å². The van der Waals surface area contributed by atoms with Gasteiger partial charge in [-0.3, -0.25) is 0 Å². The Morgan fingerprint density at radius 1 is 1.00 bits per heavy atom. The molecule has 1 fully saturated rings. The van der Waals surface area contributed by atoms with Crippen LogP contribution in [0.4, 0.5) is 13.2 Å². The van der Waals surface area contributed by atoms with Gasteiger partial charge in [-0.25, -0.2) is 13.2 Å². The number of nitrogens with two attached hydrogens (primary N) is 1. The van der Waals surface area contributed by atoms with Crippen LogP contribution in [0.15, 0.2) is 12.1 Å². The molecule has 0 bridgehead atoms. The van der Waals surface area contributed by atoms with Crippen molar-refractivity contribution >= 4 is 7.12 Å². The lowest BCUT2D eigenvalue weighted by Crippen LogP contribution is -2.41. The number of halogens is 3. The number of rotatable bonds is 2. The topological polar surface area (TPSA) is 44.5 Å². The van der Waals surface area contributed by atoms with E-state index in [1.165, 1.54) is 0 Å².